The van der Waals surface area contributed by atoms with Crippen LogP contribution in [0.4, 0.5) is 0 Å². The molecule has 0 aromatic carbocycles. The van der Waals surface area contributed by atoms with Crippen LogP contribution in [0.2, 0.25) is 11.2 Å². The van der Waals surface area contributed by atoms with Gasteiger partial charge in [0.1, 0.15) is 9.68 Å². The quantitative estimate of drug-likeness (QED) is 0.601. The Labute approximate surface area is 75.3 Å². The van der Waals surface area contributed by atoms with E-state index in [0.29, 0.717) is 4.66 Å². The van der Waals surface area contributed by atoms with Crippen molar-refractivity contribution in [3.8, 4) is 0 Å². The Morgan fingerprint density at radius 3 is 2.18 bits per heavy atom. The molecule has 62 valence electrons. The summed E-state index contributed by atoms with van der Waals surface area (Å²) in [4.78, 5) is 0. The van der Waals surface area contributed by atoms with Crippen LogP contribution in [0.15, 0.2) is 0 Å². The molecule has 1 aliphatic heterocycles. The van der Waals surface area contributed by atoms with Gasteiger partial charge in [-0.1, -0.05) is 20.4 Å². The Morgan fingerprint density at radius 2 is 1.73 bits per heavy atom. The highest BCUT2D eigenvalue weighted by Crippen LogP contribution is 2.23. The van der Waals surface area contributed by atoms with Crippen molar-refractivity contribution in [1.82, 2.24) is 4.57 Å². The van der Waals surface area contributed by atoms with E-state index in [-0.39, 0.29) is 0 Å². The molecule has 1 aliphatic rings. The molecular formula is C8H17NSi2. The molecule has 11 heavy (non-hydrogen) atoms. The van der Waals surface area contributed by atoms with Gasteiger partial charge in [0.25, 0.3) is 0 Å². The SMILES string of the molecule is C[Si]C(C)(C)[Si]N1CCCC1. The Bertz CT molecular complexity index is 119. The fraction of sp³-hybridized carbons (Fsp3) is 1.00. The molecule has 1 heterocycles. The zero-order valence-electron chi connectivity index (χ0n) is 7.78. The lowest BCUT2D eigenvalue weighted by atomic mass is 10.4. The summed E-state index contributed by atoms with van der Waals surface area (Å²) in [6.07, 6.45) is 2.85. The molecule has 0 unspecified atom stereocenters. The van der Waals surface area contributed by atoms with Gasteiger partial charge in [-0.05, 0) is 30.6 Å². The van der Waals surface area contributed by atoms with Crippen LogP contribution in [-0.2, 0) is 0 Å². The molecule has 0 aliphatic carbocycles. The molecule has 0 amide bonds. The summed E-state index contributed by atoms with van der Waals surface area (Å²) in [6, 6.07) is 0. The van der Waals surface area contributed by atoms with Crippen LogP contribution >= 0.6 is 0 Å². The Morgan fingerprint density at radius 1 is 1.18 bits per heavy atom. The molecule has 3 heteroatoms. The number of hydrogen-bond acceptors (Lipinski definition) is 1. The van der Waals surface area contributed by atoms with Gasteiger partial charge in [-0.2, -0.15) is 0 Å². The smallest absolute Gasteiger partial charge is 0.144 e. The van der Waals surface area contributed by atoms with Crippen LogP contribution in [0, 0.1) is 0 Å². The van der Waals surface area contributed by atoms with Gasteiger partial charge in [-0.25, -0.2) is 0 Å². The second-order valence-corrected chi connectivity index (χ2v) is 8.04. The van der Waals surface area contributed by atoms with Gasteiger partial charge >= 0.3 is 0 Å². The van der Waals surface area contributed by atoms with Crippen molar-refractivity contribution in [1.29, 1.82) is 0 Å². The average Bonchev–Trinajstić information content (AvgIpc) is 2.39. The van der Waals surface area contributed by atoms with Crippen molar-refractivity contribution in [2.75, 3.05) is 13.1 Å². The third-order valence-corrected chi connectivity index (χ3v) is 5.83. The van der Waals surface area contributed by atoms with Crippen molar-refractivity contribution in [2.45, 2.75) is 37.9 Å². The van der Waals surface area contributed by atoms with Crippen LogP contribution in [0.3, 0.4) is 0 Å². The Hall–Kier alpha value is 0.394. The number of hydrogen-bond donors (Lipinski definition) is 0. The lowest BCUT2D eigenvalue weighted by molar-refractivity contribution is 0.536. The minimum absolute atomic E-state index is 0.588. The van der Waals surface area contributed by atoms with E-state index in [2.05, 4.69) is 25.0 Å². The topological polar surface area (TPSA) is 3.24 Å². The average molecular weight is 183 g/mol. The molecule has 1 rings (SSSR count). The van der Waals surface area contributed by atoms with E-state index in [1.807, 2.05) is 0 Å². The molecule has 0 aromatic rings. The second kappa shape index (κ2) is 3.87. The maximum Gasteiger partial charge on any atom is 0.144 e. The molecule has 1 saturated heterocycles. The summed E-state index contributed by atoms with van der Waals surface area (Å²) >= 11 is 0. The van der Waals surface area contributed by atoms with E-state index in [9.17, 15) is 0 Å². The standard InChI is InChI=1S/C8H17NSi2/c1-8(2,10-3)11-9-6-4-5-7-9/h4-7H2,1-3H3. The molecule has 0 aromatic heterocycles. The van der Waals surface area contributed by atoms with Gasteiger partial charge in [0.15, 0.2) is 0 Å². The fourth-order valence-corrected chi connectivity index (χ4v) is 3.53. The molecule has 4 radical (unpaired) electrons. The van der Waals surface area contributed by atoms with Crippen molar-refractivity contribution in [2.24, 2.45) is 0 Å². The summed E-state index contributed by atoms with van der Waals surface area (Å²) in [6.45, 7) is 9.81. The molecule has 0 atom stereocenters. The van der Waals surface area contributed by atoms with Gasteiger partial charge < -0.3 is 4.57 Å². The summed E-state index contributed by atoms with van der Waals surface area (Å²) in [5.41, 5.74) is 0. The summed E-state index contributed by atoms with van der Waals surface area (Å²) in [5.74, 6) is 0. The van der Waals surface area contributed by atoms with Crippen LogP contribution in [0.1, 0.15) is 26.7 Å². The molecule has 1 fully saturated rings. The number of rotatable bonds is 3. The molecular weight excluding hydrogens is 166 g/mol. The first-order chi connectivity index (χ1) is 5.14. The highest BCUT2D eigenvalue weighted by Gasteiger charge is 2.23. The number of nitrogens with zero attached hydrogens (tertiary/aromatic N) is 1. The maximum absolute atomic E-state index is 2.64. The minimum atomic E-state index is 0.588. The van der Waals surface area contributed by atoms with Crippen LogP contribution < -0.4 is 0 Å². The summed E-state index contributed by atoms with van der Waals surface area (Å²) in [5, 5.41) is 0. The predicted molar refractivity (Wildman–Crippen MR) is 52.2 cm³/mol. The molecule has 1 nitrogen and oxygen atoms in total. The third-order valence-electron chi connectivity index (χ3n) is 2.17. The first kappa shape index (κ1) is 9.48. The van der Waals surface area contributed by atoms with E-state index in [0.717, 1.165) is 19.2 Å². The van der Waals surface area contributed by atoms with Crippen molar-refractivity contribution >= 4 is 19.2 Å². The van der Waals surface area contributed by atoms with Crippen LogP contribution in [0.25, 0.3) is 0 Å². The molecule has 0 bridgehead atoms. The van der Waals surface area contributed by atoms with Gasteiger partial charge in [-0.3, -0.25) is 0 Å². The first-order valence-electron chi connectivity index (χ1n) is 4.36. The van der Waals surface area contributed by atoms with Crippen LogP contribution in [-0.4, -0.2) is 36.9 Å². The Balaban J connectivity index is 2.28. The van der Waals surface area contributed by atoms with Crippen LogP contribution in [0.5, 0.6) is 0 Å². The molecule has 0 saturated carbocycles. The van der Waals surface area contributed by atoms with Crippen molar-refractivity contribution < 1.29 is 0 Å². The third kappa shape index (κ3) is 3.09. The van der Waals surface area contributed by atoms with Crippen molar-refractivity contribution in [3.63, 3.8) is 0 Å². The van der Waals surface area contributed by atoms with Gasteiger partial charge in [0, 0.05) is 9.52 Å². The van der Waals surface area contributed by atoms with Gasteiger partial charge in [-0.15, -0.1) is 0 Å². The van der Waals surface area contributed by atoms with E-state index < -0.39 is 0 Å². The lowest BCUT2D eigenvalue weighted by Crippen LogP contribution is -2.34. The summed E-state index contributed by atoms with van der Waals surface area (Å²) < 4.78 is 3.22. The minimum Gasteiger partial charge on any atom is -0.325 e. The Kier molecular flexibility index (Phi) is 3.34. The normalized spacial score (nSPS) is 21.0. The fourth-order valence-electron chi connectivity index (χ4n) is 1.28. The molecule has 0 spiro atoms. The van der Waals surface area contributed by atoms with Crippen molar-refractivity contribution in [3.05, 3.63) is 0 Å². The monoisotopic (exact) mass is 183 g/mol. The summed E-state index contributed by atoms with van der Waals surface area (Å²) in [7, 11) is 2.14. The van der Waals surface area contributed by atoms with E-state index in [1.165, 1.54) is 25.9 Å². The second-order valence-electron chi connectivity index (χ2n) is 3.68. The zero-order chi connectivity index (χ0) is 8.32. The molecule has 0 N–H and O–H groups in total. The van der Waals surface area contributed by atoms with Gasteiger partial charge in [0.05, 0.1) is 0 Å². The van der Waals surface area contributed by atoms with E-state index >= 15 is 0 Å². The van der Waals surface area contributed by atoms with E-state index in [1.54, 1.807) is 0 Å². The lowest BCUT2D eigenvalue weighted by Gasteiger charge is -2.26. The zero-order valence-corrected chi connectivity index (χ0v) is 9.78. The predicted octanol–water partition coefficient (Wildman–Crippen LogP) is 1.61. The first-order valence-corrected chi connectivity index (χ1v) is 6.80. The maximum atomic E-state index is 2.64. The highest BCUT2D eigenvalue weighted by atomic mass is 28.3. The van der Waals surface area contributed by atoms with E-state index in [4.69, 9.17) is 0 Å². The van der Waals surface area contributed by atoms with Gasteiger partial charge in [0.2, 0.25) is 0 Å². The largest absolute Gasteiger partial charge is 0.325 e. The highest BCUT2D eigenvalue weighted by molar-refractivity contribution is 6.59.